The fourth-order valence-electron chi connectivity index (χ4n) is 2.85. The molecule has 2 amide bonds. The number of carbonyl (C=O) groups is 3. The minimum absolute atomic E-state index is 0.257. The zero-order valence-electron chi connectivity index (χ0n) is 16.9. The van der Waals surface area contributed by atoms with E-state index in [4.69, 9.17) is 9.47 Å². The molecule has 0 heterocycles. The summed E-state index contributed by atoms with van der Waals surface area (Å²) in [7, 11) is 1.54. The molecule has 3 rings (SSSR count). The molecule has 3 aromatic rings. The third kappa shape index (κ3) is 5.90. The Morgan fingerprint density at radius 2 is 1.39 bits per heavy atom. The molecule has 156 valence electrons. The fourth-order valence-corrected chi connectivity index (χ4v) is 2.85. The third-order valence-electron chi connectivity index (χ3n) is 4.37. The van der Waals surface area contributed by atoms with Crippen LogP contribution in [0.3, 0.4) is 0 Å². The van der Waals surface area contributed by atoms with Crippen molar-refractivity contribution in [2.75, 3.05) is 13.7 Å². The lowest BCUT2D eigenvalue weighted by molar-refractivity contribution is -0.142. The summed E-state index contributed by atoms with van der Waals surface area (Å²) in [4.78, 5) is 37.0. The van der Waals surface area contributed by atoms with Gasteiger partial charge in [0.15, 0.2) is 6.61 Å². The molecule has 6 heteroatoms. The molecule has 0 spiro atoms. The minimum atomic E-state index is -0.716. The van der Waals surface area contributed by atoms with Gasteiger partial charge in [-0.25, -0.2) is 4.79 Å². The first-order valence-corrected chi connectivity index (χ1v) is 9.55. The number of para-hydroxylation sites is 1. The lowest BCUT2D eigenvalue weighted by Gasteiger charge is -2.11. The van der Waals surface area contributed by atoms with Gasteiger partial charge in [-0.2, -0.15) is 0 Å². The van der Waals surface area contributed by atoms with Crippen LogP contribution in [0.1, 0.15) is 21.5 Å². The van der Waals surface area contributed by atoms with Gasteiger partial charge in [-0.05, 0) is 29.8 Å². The standard InChI is InChI=1S/C25H21NO5/c1-30-22-15-9-8-14-20(22)16-21(18-10-4-2-5-11-18)25(29)31-17-23(27)26-24(28)19-12-6-3-7-13-19/h2-16H,17H2,1H3,(H,26,27,28)/b21-16+. The number of methoxy groups -OCH3 is 1. The first kappa shape index (κ1) is 21.5. The van der Waals surface area contributed by atoms with Crippen LogP contribution in [0.5, 0.6) is 5.75 Å². The van der Waals surface area contributed by atoms with E-state index < -0.39 is 24.4 Å². The van der Waals surface area contributed by atoms with Crippen LogP contribution in [0.2, 0.25) is 0 Å². The van der Waals surface area contributed by atoms with Gasteiger partial charge in [-0.15, -0.1) is 0 Å². The molecule has 0 aliphatic carbocycles. The van der Waals surface area contributed by atoms with Gasteiger partial charge in [0, 0.05) is 11.1 Å². The Bertz CT molecular complexity index is 1090. The van der Waals surface area contributed by atoms with Crippen molar-refractivity contribution in [3.63, 3.8) is 0 Å². The van der Waals surface area contributed by atoms with Crippen molar-refractivity contribution < 1.29 is 23.9 Å². The number of imide groups is 1. The van der Waals surface area contributed by atoms with E-state index in [-0.39, 0.29) is 5.57 Å². The average Bonchev–Trinajstić information content (AvgIpc) is 2.82. The second-order valence-electron chi connectivity index (χ2n) is 6.49. The molecular weight excluding hydrogens is 394 g/mol. The van der Waals surface area contributed by atoms with E-state index in [0.29, 0.717) is 22.4 Å². The first-order chi connectivity index (χ1) is 15.1. The summed E-state index contributed by atoms with van der Waals surface area (Å²) < 4.78 is 10.5. The number of rotatable bonds is 7. The zero-order valence-corrected chi connectivity index (χ0v) is 16.9. The van der Waals surface area contributed by atoms with Crippen molar-refractivity contribution in [2.24, 2.45) is 0 Å². The number of amides is 2. The molecule has 0 bridgehead atoms. The molecule has 0 aliphatic heterocycles. The summed E-state index contributed by atoms with van der Waals surface area (Å²) in [6, 6.07) is 24.5. The molecule has 0 radical (unpaired) electrons. The summed E-state index contributed by atoms with van der Waals surface area (Å²) >= 11 is 0. The van der Waals surface area contributed by atoms with Crippen molar-refractivity contribution in [3.8, 4) is 5.75 Å². The molecule has 0 aromatic heterocycles. The number of esters is 1. The quantitative estimate of drug-likeness (QED) is 0.361. The summed E-state index contributed by atoms with van der Waals surface area (Å²) in [5.74, 6) is -1.38. The van der Waals surface area contributed by atoms with Crippen molar-refractivity contribution in [1.29, 1.82) is 0 Å². The molecule has 6 nitrogen and oxygen atoms in total. The summed E-state index contributed by atoms with van der Waals surface area (Å²) in [6.07, 6.45) is 1.64. The van der Waals surface area contributed by atoms with Crippen LogP contribution in [-0.2, 0) is 14.3 Å². The Hall–Kier alpha value is -4.19. The first-order valence-electron chi connectivity index (χ1n) is 9.55. The Labute approximate surface area is 180 Å². The monoisotopic (exact) mass is 415 g/mol. The largest absolute Gasteiger partial charge is 0.496 e. The molecule has 0 saturated carbocycles. The van der Waals surface area contributed by atoms with Crippen LogP contribution in [0.15, 0.2) is 84.9 Å². The third-order valence-corrected chi connectivity index (χ3v) is 4.37. The van der Waals surface area contributed by atoms with Crippen LogP contribution < -0.4 is 10.1 Å². The minimum Gasteiger partial charge on any atom is -0.496 e. The lowest BCUT2D eigenvalue weighted by Crippen LogP contribution is -2.34. The van der Waals surface area contributed by atoms with E-state index in [1.165, 1.54) is 0 Å². The van der Waals surface area contributed by atoms with E-state index in [2.05, 4.69) is 5.32 Å². The molecule has 3 aromatic carbocycles. The highest BCUT2D eigenvalue weighted by Crippen LogP contribution is 2.25. The summed E-state index contributed by atoms with van der Waals surface area (Å²) in [6.45, 7) is -0.590. The number of hydrogen-bond donors (Lipinski definition) is 1. The normalized spacial score (nSPS) is 10.8. The van der Waals surface area contributed by atoms with Gasteiger partial charge in [-0.1, -0.05) is 66.7 Å². The summed E-state index contributed by atoms with van der Waals surface area (Å²) in [5, 5.41) is 2.20. The SMILES string of the molecule is COc1ccccc1/C=C(/C(=O)OCC(=O)NC(=O)c1ccccc1)c1ccccc1. The molecular formula is C25H21NO5. The van der Waals surface area contributed by atoms with Gasteiger partial charge in [0.1, 0.15) is 5.75 Å². The van der Waals surface area contributed by atoms with Crippen molar-refractivity contribution in [2.45, 2.75) is 0 Å². The fraction of sp³-hybridized carbons (Fsp3) is 0.0800. The number of nitrogens with one attached hydrogen (secondary N) is 1. The highest BCUT2D eigenvalue weighted by atomic mass is 16.5. The van der Waals surface area contributed by atoms with Crippen LogP contribution in [0.25, 0.3) is 11.6 Å². The number of benzene rings is 3. The van der Waals surface area contributed by atoms with Crippen molar-refractivity contribution in [1.82, 2.24) is 5.32 Å². The van der Waals surface area contributed by atoms with Gasteiger partial charge in [0.05, 0.1) is 12.7 Å². The molecule has 0 fully saturated rings. The van der Waals surface area contributed by atoms with Crippen LogP contribution in [0.4, 0.5) is 0 Å². The van der Waals surface area contributed by atoms with E-state index in [9.17, 15) is 14.4 Å². The highest BCUT2D eigenvalue weighted by molar-refractivity contribution is 6.22. The smallest absolute Gasteiger partial charge is 0.339 e. The molecule has 0 aliphatic rings. The van der Waals surface area contributed by atoms with Gasteiger partial charge < -0.3 is 9.47 Å². The predicted molar refractivity (Wildman–Crippen MR) is 117 cm³/mol. The topological polar surface area (TPSA) is 81.7 Å². The number of hydrogen-bond acceptors (Lipinski definition) is 5. The summed E-state index contributed by atoms with van der Waals surface area (Å²) in [5.41, 5.74) is 1.90. The van der Waals surface area contributed by atoms with E-state index in [0.717, 1.165) is 0 Å². The lowest BCUT2D eigenvalue weighted by atomic mass is 10.0. The van der Waals surface area contributed by atoms with E-state index >= 15 is 0 Å². The van der Waals surface area contributed by atoms with Gasteiger partial charge in [0.25, 0.3) is 11.8 Å². The van der Waals surface area contributed by atoms with Gasteiger partial charge >= 0.3 is 5.97 Å². The Balaban J connectivity index is 1.74. The van der Waals surface area contributed by atoms with Crippen molar-refractivity contribution >= 4 is 29.4 Å². The Kier molecular flexibility index (Phi) is 7.32. The zero-order chi connectivity index (χ0) is 22.1. The number of ether oxygens (including phenoxy) is 2. The maximum atomic E-state index is 12.8. The maximum absolute atomic E-state index is 12.8. The van der Waals surface area contributed by atoms with Gasteiger partial charge in [0.2, 0.25) is 0 Å². The maximum Gasteiger partial charge on any atom is 0.339 e. The van der Waals surface area contributed by atoms with E-state index in [1.807, 2.05) is 18.2 Å². The molecule has 0 unspecified atom stereocenters. The molecule has 0 atom stereocenters. The molecule has 0 saturated heterocycles. The van der Waals surface area contributed by atoms with Gasteiger partial charge in [-0.3, -0.25) is 14.9 Å². The Morgan fingerprint density at radius 3 is 2.03 bits per heavy atom. The van der Waals surface area contributed by atoms with Crippen LogP contribution in [-0.4, -0.2) is 31.5 Å². The second-order valence-corrected chi connectivity index (χ2v) is 6.49. The predicted octanol–water partition coefficient (Wildman–Crippen LogP) is 3.74. The van der Waals surface area contributed by atoms with Crippen molar-refractivity contribution in [3.05, 3.63) is 102 Å². The second kappa shape index (κ2) is 10.5. The number of carbonyl (C=O) groups excluding carboxylic acids is 3. The van der Waals surface area contributed by atoms with Crippen LogP contribution >= 0.6 is 0 Å². The average molecular weight is 415 g/mol. The highest BCUT2D eigenvalue weighted by Gasteiger charge is 2.17. The van der Waals surface area contributed by atoms with E-state index in [1.54, 1.807) is 79.9 Å². The molecule has 31 heavy (non-hydrogen) atoms. The Morgan fingerprint density at radius 1 is 0.806 bits per heavy atom. The van der Waals surface area contributed by atoms with Crippen LogP contribution in [0, 0.1) is 0 Å². The molecule has 1 N–H and O–H groups in total.